The fourth-order valence-corrected chi connectivity index (χ4v) is 2.02. The summed E-state index contributed by atoms with van der Waals surface area (Å²) in [4.78, 5) is 11.8. The van der Waals surface area contributed by atoms with Crippen molar-refractivity contribution in [2.24, 2.45) is 5.10 Å². The van der Waals surface area contributed by atoms with Crippen molar-refractivity contribution in [3.8, 4) is 17.2 Å². The van der Waals surface area contributed by atoms with Gasteiger partial charge in [0.2, 0.25) is 0 Å². The molecule has 1 amide bonds. The van der Waals surface area contributed by atoms with E-state index >= 15 is 0 Å². The molecule has 1 N–H and O–H groups in total. The Kier molecular flexibility index (Phi) is 6.90. The highest BCUT2D eigenvalue weighted by atomic mass is 19.3. The SMILES string of the molecule is COc1ccc(OCC(=O)N/N=C(/C)c2ccccc2OC(F)F)cc1. The summed E-state index contributed by atoms with van der Waals surface area (Å²) in [6.07, 6.45) is 0. The summed E-state index contributed by atoms with van der Waals surface area (Å²) in [6.45, 7) is -1.63. The third-order valence-electron chi connectivity index (χ3n) is 3.27. The lowest BCUT2D eigenvalue weighted by Gasteiger charge is -2.10. The first-order chi connectivity index (χ1) is 12.5. The van der Waals surface area contributed by atoms with Gasteiger partial charge in [0.05, 0.1) is 12.8 Å². The number of carbonyl (C=O) groups is 1. The molecule has 0 aliphatic heterocycles. The maximum atomic E-state index is 12.4. The van der Waals surface area contributed by atoms with Gasteiger partial charge in [0, 0.05) is 5.56 Å². The maximum absolute atomic E-state index is 12.4. The van der Waals surface area contributed by atoms with Crippen LogP contribution >= 0.6 is 0 Å². The number of nitrogens with zero attached hydrogens (tertiary/aromatic N) is 1. The molecule has 2 rings (SSSR count). The van der Waals surface area contributed by atoms with Crippen molar-refractivity contribution in [1.29, 1.82) is 0 Å². The van der Waals surface area contributed by atoms with Crippen LogP contribution < -0.4 is 19.6 Å². The lowest BCUT2D eigenvalue weighted by atomic mass is 10.1. The third-order valence-corrected chi connectivity index (χ3v) is 3.27. The zero-order valence-electron chi connectivity index (χ0n) is 14.2. The van der Waals surface area contributed by atoms with Crippen LogP contribution in [0.15, 0.2) is 53.6 Å². The number of para-hydroxylation sites is 1. The van der Waals surface area contributed by atoms with Crippen LogP contribution in [0.1, 0.15) is 12.5 Å². The summed E-state index contributed by atoms with van der Waals surface area (Å²) in [6, 6.07) is 12.9. The maximum Gasteiger partial charge on any atom is 0.387 e. The van der Waals surface area contributed by atoms with E-state index in [2.05, 4.69) is 15.3 Å². The molecule has 0 saturated carbocycles. The van der Waals surface area contributed by atoms with Gasteiger partial charge < -0.3 is 14.2 Å². The third kappa shape index (κ3) is 5.73. The van der Waals surface area contributed by atoms with Crippen LogP contribution in [0, 0.1) is 0 Å². The Labute approximate surface area is 149 Å². The number of amides is 1. The van der Waals surface area contributed by atoms with Gasteiger partial charge in [0.25, 0.3) is 5.91 Å². The molecule has 6 nitrogen and oxygen atoms in total. The van der Waals surface area contributed by atoms with E-state index in [-0.39, 0.29) is 12.4 Å². The van der Waals surface area contributed by atoms with E-state index in [0.717, 1.165) is 0 Å². The molecule has 2 aromatic carbocycles. The first kappa shape index (κ1) is 19.2. The first-order valence-electron chi connectivity index (χ1n) is 7.64. The molecule has 0 aromatic heterocycles. The second-order valence-electron chi connectivity index (χ2n) is 5.07. The zero-order valence-corrected chi connectivity index (χ0v) is 14.2. The quantitative estimate of drug-likeness (QED) is 0.577. The van der Waals surface area contributed by atoms with E-state index in [1.54, 1.807) is 56.5 Å². The molecule has 0 radical (unpaired) electrons. The minimum atomic E-state index is -2.95. The Balaban J connectivity index is 1.92. The summed E-state index contributed by atoms with van der Waals surface area (Å²) in [7, 11) is 1.55. The Hall–Kier alpha value is -3.16. The van der Waals surface area contributed by atoms with Crippen molar-refractivity contribution in [2.45, 2.75) is 13.5 Å². The lowest BCUT2D eigenvalue weighted by Crippen LogP contribution is -2.25. The van der Waals surface area contributed by atoms with Crippen molar-refractivity contribution in [3.05, 3.63) is 54.1 Å². The molecule has 0 fully saturated rings. The van der Waals surface area contributed by atoms with Crippen molar-refractivity contribution in [2.75, 3.05) is 13.7 Å². The minimum Gasteiger partial charge on any atom is -0.497 e. The summed E-state index contributed by atoms with van der Waals surface area (Å²) in [5, 5.41) is 3.89. The van der Waals surface area contributed by atoms with Gasteiger partial charge >= 0.3 is 6.61 Å². The lowest BCUT2D eigenvalue weighted by molar-refractivity contribution is -0.123. The molecule has 0 bridgehead atoms. The zero-order chi connectivity index (χ0) is 18.9. The summed E-state index contributed by atoms with van der Waals surface area (Å²) in [5.74, 6) is 0.656. The second-order valence-corrected chi connectivity index (χ2v) is 5.07. The summed E-state index contributed by atoms with van der Waals surface area (Å²) >= 11 is 0. The van der Waals surface area contributed by atoms with Crippen LogP contribution in [0.5, 0.6) is 17.2 Å². The highest BCUT2D eigenvalue weighted by Crippen LogP contribution is 2.21. The number of rotatable bonds is 8. The molecular formula is C18H18F2N2O4. The molecule has 0 atom stereocenters. The fourth-order valence-electron chi connectivity index (χ4n) is 2.02. The predicted molar refractivity (Wildman–Crippen MR) is 91.9 cm³/mol. The van der Waals surface area contributed by atoms with Gasteiger partial charge in [0.1, 0.15) is 17.2 Å². The Morgan fingerprint density at radius 1 is 1.12 bits per heavy atom. The molecule has 0 aliphatic rings. The van der Waals surface area contributed by atoms with Gasteiger partial charge in [-0.2, -0.15) is 13.9 Å². The largest absolute Gasteiger partial charge is 0.497 e. The molecule has 0 aliphatic carbocycles. The molecule has 26 heavy (non-hydrogen) atoms. The van der Waals surface area contributed by atoms with Crippen molar-refractivity contribution >= 4 is 11.6 Å². The number of carbonyl (C=O) groups excluding carboxylic acids is 1. The number of hydrogen-bond donors (Lipinski definition) is 1. The number of alkyl halides is 2. The van der Waals surface area contributed by atoms with Crippen LogP contribution in [0.25, 0.3) is 0 Å². The van der Waals surface area contributed by atoms with Crippen LogP contribution in [0.3, 0.4) is 0 Å². The standard InChI is InChI=1S/C18H18F2N2O4/c1-12(15-5-3-4-6-16(15)26-18(19)20)21-22-17(23)11-25-14-9-7-13(24-2)8-10-14/h3-10,18H,11H2,1-2H3,(H,22,23)/b21-12-. The highest BCUT2D eigenvalue weighted by Gasteiger charge is 2.11. The van der Waals surface area contributed by atoms with Crippen molar-refractivity contribution in [3.63, 3.8) is 0 Å². The van der Waals surface area contributed by atoms with Gasteiger partial charge in [-0.15, -0.1) is 0 Å². The number of benzene rings is 2. The average molecular weight is 364 g/mol. The van der Waals surface area contributed by atoms with Gasteiger partial charge in [-0.1, -0.05) is 12.1 Å². The number of hydrogen-bond acceptors (Lipinski definition) is 5. The molecule has 0 heterocycles. The molecular weight excluding hydrogens is 346 g/mol. The van der Waals surface area contributed by atoms with E-state index < -0.39 is 12.5 Å². The number of halogens is 2. The van der Waals surface area contributed by atoms with E-state index in [9.17, 15) is 13.6 Å². The number of nitrogens with one attached hydrogen (secondary N) is 1. The second kappa shape index (κ2) is 9.36. The fraction of sp³-hybridized carbons (Fsp3) is 0.222. The molecule has 8 heteroatoms. The molecule has 0 saturated heterocycles. The molecule has 138 valence electrons. The normalized spacial score (nSPS) is 11.2. The van der Waals surface area contributed by atoms with Crippen LogP contribution in [-0.4, -0.2) is 31.9 Å². The Morgan fingerprint density at radius 3 is 2.42 bits per heavy atom. The monoisotopic (exact) mass is 364 g/mol. The van der Waals surface area contributed by atoms with Crippen LogP contribution in [0.4, 0.5) is 8.78 Å². The van der Waals surface area contributed by atoms with E-state index in [0.29, 0.717) is 22.8 Å². The molecule has 0 unspecified atom stereocenters. The van der Waals surface area contributed by atoms with Gasteiger partial charge in [-0.05, 0) is 43.3 Å². The van der Waals surface area contributed by atoms with E-state index in [1.165, 1.54) is 6.07 Å². The number of ether oxygens (including phenoxy) is 3. The highest BCUT2D eigenvalue weighted by molar-refractivity contribution is 6.01. The van der Waals surface area contributed by atoms with E-state index in [1.807, 2.05) is 0 Å². The first-order valence-corrected chi connectivity index (χ1v) is 7.64. The van der Waals surface area contributed by atoms with Crippen LogP contribution in [0.2, 0.25) is 0 Å². The Morgan fingerprint density at radius 2 is 1.77 bits per heavy atom. The number of methoxy groups -OCH3 is 1. The summed E-state index contributed by atoms with van der Waals surface area (Å²) < 4.78 is 39.6. The van der Waals surface area contributed by atoms with Crippen molar-refractivity contribution in [1.82, 2.24) is 5.43 Å². The van der Waals surface area contributed by atoms with Gasteiger partial charge in [-0.3, -0.25) is 4.79 Å². The van der Waals surface area contributed by atoms with Gasteiger partial charge in [-0.25, -0.2) is 5.43 Å². The van der Waals surface area contributed by atoms with Crippen LogP contribution in [-0.2, 0) is 4.79 Å². The molecule has 0 spiro atoms. The topological polar surface area (TPSA) is 69.2 Å². The minimum absolute atomic E-state index is 0.0209. The average Bonchev–Trinajstić information content (AvgIpc) is 2.64. The number of hydrazone groups is 1. The molecule has 2 aromatic rings. The summed E-state index contributed by atoms with van der Waals surface area (Å²) in [5.41, 5.74) is 2.98. The van der Waals surface area contributed by atoms with Gasteiger partial charge in [0.15, 0.2) is 6.61 Å². The van der Waals surface area contributed by atoms with E-state index in [4.69, 9.17) is 9.47 Å². The predicted octanol–water partition coefficient (Wildman–Crippen LogP) is 3.22. The smallest absolute Gasteiger partial charge is 0.387 e. The Bertz CT molecular complexity index is 764. The van der Waals surface area contributed by atoms with Crippen molar-refractivity contribution < 1.29 is 27.8 Å².